The van der Waals surface area contributed by atoms with Gasteiger partial charge in [-0.15, -0.1) is 0 Å². The number of aliphatic imine (C=N–C) groups is 1. The molecule has 0 aromatic rings. The van der Waals surface area contributed by atoms with Gasteiger partial charge in [0.15, 0.2) is 5.96 Å². The van der Waals surface area contributed by atoms with Gasteiger partial charge in [0.25, 0.3) is 0 Å². The molecule has 17 heavy (non-hydrogen) atoms. The van der Waals surface area contributed by atoms with E-state index in [2.05, 4.69) is 42.9 Å². The van der Waals surface area contributed by atoms with Gasteiger partial charge in [0.1, 0.15) is 0 Å². The van der Waals surface area contributed by atoms with E-state index in [4.69, 9.17) is 5.73 Å². The van der Waals surface area contributed by atoms with Gasteiger partial charge in [-0.3, -0.25) is 4.99 Å². The Labute approximate surface area is 106 Å². The maximum atomic E-state index is 5.82. The fraction of sp³-hybridized carbons (Fsp3) is 0.923. The van der Waals surface area contributed by atoms with Gasteiger partial charge in [-0.2, -0.15) is 0 Å². The molecular formula is C13H28N4. The van der Waals surface area contributed by atoms with Crippen LogP contribution in [-0.2, 0) is 0 Å². The maximum absolute atomic E-state index is 5.82. The minimum absolute atomic E-state index is 0.00672. The van der Waals surface area contributed by atoms with Crippen LogP contribution >= 0.6 is 0 Å². The molecule has 0 aliphatic carbocycles. The van der Waals surface area contributed by atoms with E-state index in [1.165, 1.54) is 25.9 Å². The van der Waals surface area contributed by atoms with Crippen molar-refractivity contribution in [2.45, 2.75) is 46.1 Å². The summed E-state index contributed by atoms with van der Waals surface area (Å²) in [5, 5.41) is 3.17. The van der Waals surface area contributed by atoms with Crippen molar-refractivity contribution in [3.05, 3.63) is 0 Å². The minimum Gasteiger partial charge on any atom is -0.370 e. The van der Waals surface area contributed by atoms with Crippen LogP contribution in [0.1, 0.15) is 40.5 Å². The quantitative estimate of drug-likeness (QED) is 0.579. The van der Waals surface area contributed by atoms with Crippen molar-refractivity contribution < 1.29 is 0 Å². The second-order valence-electron chi connectivity index (χ2n) is 6.19. The van der Waals surface area contributed by atoms with Crippen molar-refractivity contribution >= 4 is 5.96 Å². The van der Waals surface area contributed by atoms with Crippen LogP contribution in [0.4, 0.5) is 0 Å². The molecule has 4 nitrogen and oxygen atoms in total. The highest BCUT2D eigenvalue weighted by Gasteiger charge is 2.15. The first kappa shape index (κ1) is 14.3. The standard InChI is InChI=1S/C13H28N4/c1-11-6-5-8-17(10-11)9-7-15-12(14)16-13(2,3)4/h11H,5-10H2,1-4H3,(H3,14,15,16). The predicted octanol–water partition coefficient (Wildman–Crippen LogP) is 1.42. The highest BCUT2D eigenvalue weighted by Crippen LogP contribution is 2.14. The second-order valence-corrected chi connectivity index (χ2v) is 6.19. The number of rotatable bonds is 3. The lowest BCUT2D eigenvalue weighted by Crippen LogP contribution is -2.45. The molecule has 1 rings (SSSR count). The van der Waals surface area contributed by atoms with E-state index in [1.807, 2.05) is 0 Å². The smallest absolute Gasteiger partial charge is 0.189 e. The summed E-state index contributed by atoms with van der Waals surface area (Å²) < 4.78 is 0. The first-order chi connectivity index (χ1) is 7.87. The zero-order valence-electron chi connectivity index (χ0n) is 11.8. The number of hydrogen-bond acceptors (Lipinski definition) is 2. The van der Waals surface area contributed by atoms with E-state index in [9.17, 15) is 0 Å². The number of hydrogen-bond donors (Lipinski definition) is 2. The molecule has 4 heteroatoms. The average Bonchev–Trinajstić information content (AvgIpc) is 2.14. The lowest BCUT2D eigenvalue weighted by atomic mass is 10.0. The van der Waals surface area contributed by atoms with Crippen molar-refractivity contribution in [2.24, 2.45) is 16.6 Å². The Hall–Kier alpha value is -0.770. The van der Waals surface area contributed by atoms with E-state index in [0.717, 1.165) is 19.0 Å². The lowest BCUT2D eigenvalue weighted by molar-refractivity contribution is 0.189. The van der Waals surface area contributed by atoms with Crippen molar-refractivity contribution in [1.82, 2.24) is 10.2 Å². The summed E-state index contributed by atoms with van der Waals surface area (Å²) in [6, 6.07) is 0. The average molecular weight is 240 g/mol. The summed E-state index contributed by atoms with van der Waals surface area (Å²) >= 11 is 0. The van der Waals surface area contributed by atoms with Gasteiger partial charge < -0.3 is 16.0 Å². The Balaban J connectivity index is 2.24. The SMILES string of the molecule is CC1CCCN(CCN=C(N)NC(C)(C)C)C1. The van der Waals surface area contributed by atoms with Crippen LogP contribution in [0, 0.1) is 5.92 Å². The number of likely N-dealkylation sites (tertiary alicyclic amines) is 1. The third kappa shape index (κ3) is 6.51. The fourth-order valence-electron chi connectivity index (χ4n) is 2.23. The van der Waals surface area contributed by atoms with Crippen molar-refractivity contribution in [3.63, 3.8) is 0 Å². The van der Waals surface area contributed by atoms with Crippen LogP contribution in [0.15, 0.2) is 4.99 Å². The van der Waals surface area contributed by atoms with Gasteiger partial charge in [0, 0.05) is 18.6 Å². The second kappa shape index (κ2) is 6.24. The molecule has 1 aliphatic rings. The minimum atomic E-state index is -0.00672. The molecule has 1 saturated heterocycles. The van der Waals surface area contributed by atoms with Crippen LogP contribution in [0.2, 0.25) is 0 Å². The molecule has 0 amide bonds. The Kier molecular flexibility index (Phi) is 5.25. The molecule has 100 valence electrons. The molecule has 1 fully saturated rings. The molecule has 1 heterocycles. The Bertz CT molecular complexity index is 255. The van der Waals surface area contributed by atoms with Crippen LogP contribution in [0.25, 0.3) is 0 Å². The topological polar surface area (TPSA) is 53.6 Å². The van der Waals surface area contributed by atoms with E-state index < -0.39 is 0 Å². The van der Waals surface area contributed by atoms with Crippen LogP contribution in [0.5, 0.6) is 0 Å². The Morgan fingerprint density at radius 1 is 1.47 bits per heavy atom. The number of nitrogens with one attached hydrogen (secondary N) is 1. The van der Waals surface area contributed by atoms with Gasteiger partial charge >= 0.3 is 0 Å². The summed E-state index contributed by atoms with van der Waals surface area (Å²) in [7, 11) is 0. The largest absolute Gasteiger partial charge is 0.370 e. The van der Waals surface area contributed by atoms with E-state index >= 15 is 0 Å². The van der Waals surface area contributed by atoms with E-state index in [0.29, 0.717) is 5.96 Å². The Morgan fingerprint density at radius 3 is 2.76 bits per heavy atom. The molecule has 1 unspecified atom stereocenters. The van der Waals surface area contributed by atoms with Gasteiger partial charge in [-0.25, -0.2) is 0 Å². The molecular weight excluding hydrogens is 212 g/mol. The van der Waals surface area contributed by atoms with Crippen molar-refractivity contribution in [3.8, 4) is 0 Å². The monoisotopic (exact) mass is 240 g/mol. The van der Waals surface area contributed by atoms with E-state index in [-0.39, 0.29) is 5.54 Å². The third-order valence-corrected chi connectivity index (χ3v) is 2.94. The number of nitrogens with two attached hydrogens (primary N) is 1. The van der Waals surface area contributed by atoms with Crippen molar-refractivity contribution in [2.75, 3.05) is 26.2 Å². The van der Waals surface area contributed by atoms with Gasteiger partial charge in [0.05, 0.1) is 6.54 Å². The molecule has 0 aromatic heterocycles. The number of nitrogens with zero attached hydrogens (tertiary/aromatic N) is 2. The third-order valence-electron chi connectivity index (χ3n) is 2.94. The first-order valence-electron chi connectivity index (χ1n) is 6.67. The highest BCUT2D eigenvalue weighted by molar-refractivity contribution is 5.78. The maximum Gasteiger partial charge on any atom is 0.189 e. The Morgan fingerprint density at radius 2 is 2.18 bits per heavy atom. The number of piperidine rings is 1. The molecule has 0 bridgehead atoms. The summed E-state index contributed by atoms with van der Waals surface area (Å²) in [6.45, 7) is 12.8. The van der Waals surface area contributed by atoms with Gasteiger partial charge in [0.2, 0.25) is 0 Å². The van der Waals surface area contributed by atoms with Gasteiger partial charge in [-0.05, 0) is 46.1 Å². The van der Waals surface area contributed by atoms with Crippen LogP contribution < -0.4 is 11.1 Å². The summed E-state index contributed by atoms with van der Waals surface area (Å²) in [5.41, 5.74) is 5.82. The zero-order valence-corrected chi connectivity index (χ0v) is 11.8. The molecule has 3 N–H and O–H groups in total. The molecule has 0 aromatic carbocycles. The highest BCUT2D eigenvalue weighted by atomic mass is 15.2. The van der Waals surface area contributed by atoms with Gasteiger partial charge in [-0.1, -0.05) is 6.92 Å². The van der Waals surface area contributed by atoms with Crippen molar-refractivity contribution in [1.29, 1.82) is 0 Å². The van der Waals surface area contributed by atoms with Crippen LogP contribution in [0.3, 0.4) is 0 Å². The molecule has 1 aliphatic heterocycles. The number of guanidine groups is 1. The van der Waals surface area contributed by atoms with E-state index in [1.54, 1.807) is 0 Å². The normalized spacial score (nSPS) is 23.8. The fourth-order valence-corrected chi connectivity index (χ4v) is 2.23. The summed E-state index contributed by atoms with van der Waals surface area (Å²) in [6.07, 6.45) is 2.69. The zero-order chi connectivity index (χ0) is 12.9. The predicted molar refractivity (Wildman–Crippen MR) is 74.2 cm³/mol. The first-order valence-corrected chi connectivity index (χ1v) is 6.67. The summed E-state index contributed by atoms with van der Waals surface area (Å²) in [4.78, 5) is 6.86. The van der Waals surface area contributed by atoms with Crippen LogP contribution in [-0.4, -0.2) is 42.6 Å². The lowest BCUT2D eigenvalue weighted by Gasteiger charge is -2.30. The molecule has 0 spiro atoms. The molecule has 1 atom stereocenters. The summed E-state index contributed by atoms with van der Waals surface area (Å²) in [5.74, 6) is 1.39. The molecule has 0 saturated carbocycles. The molecule has 0 radical (unpaired) electrons.